The lowest BCUT2D eigenvalue weighted by Crippen LogP contribution is -2.45. The van der Waals surface area contributed by atoms with E-state index in [0.29, 0.717) is 17.7 Å². The van der Waals surface area contributed by atoms with Gasteiger partial charge in [-0.1, -0.05) is 25.1 Å². The van der Waals surface area contributed by atoms with Crippen LogP contribution in [0.15, 0.2) is 24.4 Å². The third kappa shape index (κ3) is 4.78. The second-order valence-corrected chi connectivity index (χ2v) is 6.75. The highest BCUT2D eigenvalue weighted by atomic mass is 32.2. The van der Waals surface area contributed by atoms with Crippen LogP contribution in [-0.4, -0.2) is 47.4 Å². The second-order valence-electron chi connectivity index (χ2n) is 5.77. The first kappa shape index (κ1) is 19.8. The van der Waals surface area contributed by atoms with Gasteiger partial charge < -0.3 is 20.8 Å². The predicted octanol–water partition coefficient (Wildman–Crippen LogP) is 2.25. The number of carbonyl (C=O) groups excluding carboxylic acids is 3. The van der Waals surface area contributed by atoms with Crippen LogP contribution in [0.25, 0.3) is 10.9 Å². The van der Waals surface area contributed by atoms with Crippen LogP contribution in [0.3, 0.4) is 0 Å². The van der Waals surface area contributed by atoms with Crippen LogP contribution in [-0.2, 0) is 16.0 Å². The fraction of sp³-hybridized carbons (Fsp3) is 0.389. The maximum atomic E-state index is 12.5. The minimum absolute atomic E-state index is 0.305. The number of ketones is 1. The number of urea groups is 1. The third-order valence-corrected chi connectivity index (χ3v) is 4.68. The summed E-state index contributed by atoms with van der Waals surface area (Å²) in [6.07, 6.45) is 4.74. The molecule has 1 aromatic carbocycles. The quantitative estimate of drug-likeness (QED) is 0.458. The van der Waals surface area contributed by atoms with E-state index >= 15 is 0 Å². The number of para-hydroxylation sites is 1. The summed E-state index contributed by atoms with van der Waals surface area (Å²) in [4.78, 5) is 38.8. The number of fused-ring (bicyclic) bond motifs is 1. The number of hydrogen-bond acceptors (Lipinski definition) is 5. The second kappa shape index (κ2) is 9.28. The van der Waals surface area contributed by atoms with E-state index in [9.17, 15) is 14.4 Å². The molecule has 0 radical (unpaired) electrons. The SMILES string of the molecule is CCc1cccc2c(C(=O)COC(=O)[C@H](CCSC)NC(N)=O)c[nH]c12. The van der Waals surface area contributed by atoms with Crippen LogP contribution in [0.5, 0.6) is 0 Å². The maximum absolute atomic E-state index is 12.5. The Morgan fingerprint density at radius 2 is 2.12 bits per heavy atom. The molecule has 0 aliphatic heterocycles. The first-order valence-corrected chi connectivity index (χ1v) is 9.71. The molecule has 2 aromatic rings. The number of esters is 1. The molecule has 7 nitrogen and oxygen atoms in total. The number of Topliss-reactive ketones (excluding diaryl/α,β-unsaturated/α-hetero) is 1. The number of aromatic nitrogens is 1. The van der Waals surface area contributed by atoms with Gasteiger partial charge in [-0.25, -0.2) is 9.59 Å². The lowest BCUT2D eigenvalue weighted by Gasteiger charge is -2.15. The van der Waals surface area contributed by atoms with Gasteiger partial charge >= 0.3 is 12.0 Å². The molecule has 0 spiro atoms. The van der Waals surface area contributed by atoms with Crippen molar-refractivity contribution in [1.29, 1.82) is 0 Å². The number of carbonyl (C=O) groups is 3. The van der Waals surface area contributed by atoms with Gasteiger partial charge in [0.2, 0.25) is 5.78 Å². The number of rotatable bonds is 9. The van der Waals surface area contributed by atoms with Gasteiger partial charge in [-0.05, 0) is 30.4 Å². The minimum Gasteiger partial charge on any atom is -0.456 e. The zero-order valence-corrected chi connectivity index (χ0v) is 15.7. The number of benzene rings is 1. The number of aromatic amines is 1. The Hall–Kier alpha value is -2.48. The molecule has 1 heterocycles. The molecule has 1 atom stereocenters. The van der Waals surface area contributed by atoms with Gasteiger partial charge in [0.1, 0.15) is 6.04 Å². The van der Waals surface area contributed by atoms with Crippen LogP contribution < -0.4 is 11.1 Å². The largest absolute Gasteiger partial charge is 0.456 e. The topological polar surface area (TPSA) is 114 Å². The molecule has 0 fully saturated rings. The van der Waals surface area contributed by atoms with E-state index < -0.39 is 24.6 Å². The average Bonchev–Trinajstić information content (AvgIpc) is 3.06. The normalized spacial score (nSPS) is 11.9. The zero-order valence-electron chi connectivity index (χ0n) is 14.8. The molecule has 1 aromatic heterocycles. The number of thioether (sulfide) groups is 1. The lowest BCUT2D eigenvalue weighted by molar-refractivity contribution is -0.144. The standard InChI is InChI=1S/C18H23N3O4S/c1-3-11-5-4-6-12-13(9-20-16(11)12)15(22)10-25-17(23)14(7-8-26-2)21-18(19)24/h4-6,9,14,20H,3,7-8,10H2,1-2H3,(H3,19,21,24)/t14-/m0/s1. The van der Waals surface area contributed by atoms with Crippen molar-refractivity contribution in [3.63, 3.8) is 0 Å². The van der Waals surface area contributed by atoms with Crippen LogP contribution in [0.1, 0.15) is 29.3 Å². The van der Waals surface area contributed by atoms with Crippen molar-refractivity contribution < 1.29 is 19.1 Å². The summed E-state index contributed by atoms with van der Waals surface area (Å²) in [5.41, 5.74) is 7.60. The molecule has 4 N–H and O–H groups in total. The van der Waals surface area contributed by atoms with Gasteiger partial charge in [0.25, 0.3) is 0 Å². The molecule has 140 valence electrons. The number of hydrogen-bond donors (Lipinski definition) is 3. The molecule has 0 unspecified atom stereocenters. The molecule has 0 saturated carbocycles. The molecule has 26 heavy (non-hydrogen) atoms. The summed E-state index contributed by atoms with van der Waals surface area (Å²) in [5, 5.41) is 3.16. The predicted molar refractivity (Wildman–Crippen MR) is 102 cm³/mol. The van der Waals surface area contributed by atoms with Gasteiger partial charge in [-0.15, -0.1) is 0 Å². The highest BCUT2D eigenvalue weighted by molar-refractivity contribution is 7.98. The fourth-order valence-electron chi connectivity index (χ4n) is 2.71. The lowest BCUT2D eigenvalue weighted by atomic mass is 10.1. The van der Waals surface area contributed by atoms with E-state index in [1.165, 1.54) is 11.8 Å². The molecule has 2 amide bonds. The van der Waals surface area contributed by atoms with Crippen molar-refractivity contribution in [3.8, 4) is 0 Å². The van der Waals surface area contributed by atoms with Crippen LogP contribution in [0, 0.1) is 0 Å². The summed E-state index contributed by atoms with van der Waals surface area (Å²) < 4.78 is 5.11. The third-order valence-electron chi connectivity index (χ3n) is 4.04. The van der Waals surface area contributed by atoms with Gasteiger partial charge in [-0.3, -0.25) is 4.79 Å². The molecule has 0 saturated heterocycles. The Kier molecular flexibility index (Phi) is 7.08. The van der Waals surface area contributed by atoms with Crippen LogP contribution in [0.4, 0.5) is 4.79 Å². The van der Waals surface area contributed by atoms with Gasteiger partial charge in [-0.2, -0.15) is 11.8 Å². The molecule has 0 bridgehead atoms. The van der Waals surface area contributed by atoms with Gasteiger partial charge in [0, 0.05) is 22.7 Å². The highest BCUT2D eigenvalue weighted by Gasteiger charge is 2.23. The summed E-state index contributed by atoms with van der Waals surface area (Å²) in [7, 11) is 0. The van der Waals surface area contributed by atoms with E-state index in [-0.39, 0.29) is 5.78 Å². The van der Waals surface area contributed by atoms with Crippen molar-refractivity contribution in [2.45, 2.75) is 25.8 Å². The maximum Gasteiger partial charge on any atom is 0.329 e. The minimum atomic E-state index is -0.859. The molecule has 0 aliphatic carbocycles. The summed E-state index contributed by atoms with van der Waals surface area (Å²) in [6.45, 7) is 1.65. The van der Waals surface area contributed by atoms with Crippen LogP contribution in [0.2, 0.25) is 0 Å². The van der Waals surface area contributed by atoms with Gasteiger partial charge in [0.05, 0.1) is 0 Å². The van der Waals surface area contributed by atoms with Crippen molar-refractivity contribution >= 4 is 40.4 Å². The van der Waals surface area contributed by atoms with Crippen molar-refractivity contribution in [1.82, 2.24) is 10.3 Å². The summed E-state index contributed by atoms with van der Waals surface area (Å²) in [6, 6.07) is 4.09. The fourth-order valence-corrected chi connectivity index (χ4v) is 3.19. The molecule has 2 rings (SSSR count). The van der Waals surface area contributed by atoms with E-state index in [1.807, 2.05) is 31.4 Å². The molecule has 0 aliphatic rings. The highest BCUT2D eigenvalue weighted by Crippen LogP contribution is 2.22. The van der Waals surface area contributed by atoms with E-state index in [1.54, 1.807) is 6.20 Å². The number of aryl methyl sites for hydroxylation is 1. The number of H-pyrrole nitrogens is 1. The number of primary amides is 1. The Bertz CT molecular complexity index is 803. The zero-order chi connectivity index (χ0) is 19.1. The Morgan fingerprint density at radius 3 is 2.77 bits per heavy atom. The number of nitrogens with one attached hydrogen (secondary N) is 2. The number of ether oxygens (including phenoxy) is 1. The number of amides is 2. The van der Waals surface area contributed by atoms with Crippen molar-refractivity contribution in [3.05, 3.63) is 35.5 Å². The Morgan fingerprint density at radius 1 is 1.35 bits per heavy atom. The van der Waals surface area contributed by atoms with E-state index in [0.717, 1.165) is 22.9 Å². The Labute approximate surface area is 156 Å². The van der Waals surface area contributed by atoms with Gasteiger partial charge in [0.15, 0.2) is 6.61 Å². The first-order chi connectivity index (χ1) is 12.5. The van der Waals surface area contributed by atoms with Crippen LogP contribution >= 0.6 is 11.8 Å². The van der Waals surface area contributed by atoms with Crippen molar-refractivity contribution in [2.75, 3.05) is 18.6 Å². The first-order valence-electron chi connectivity index (χ1n) is 8.31. The van der Waals surface area contributed by atoms with E-state index in [4.69, 9.17) is 10.5 Å². The molecular formula is C18H23N3O4S. The molecular weight excluding hydrogens is 354 g/mol. The molecule has 8 heteroatoms. The summed E-state index contributed by atoms with van der Waals surface area (Å²) >= 11 is 1.53. The monoisotopic (exact) mass is 377 g/mol. The Balaban J connectivity index is 2.05. The van der Waals surface area contributed by atoms with E-state index in [2.05, 4.69) is 10.3 Å². The van der Waals surface area contributed by atoms with Crippen molar-refractivity contribution in [2.24, 2.45) is 5.73 Å². The summed E-state index contributed by atoms with van der Waals surface area (Å²) in [5.74, 6) is -0.322. The average molecular weight is 377 g/mol. The number of nitrogens with two attached hydrogens (primary N) is 1. The smallest absolute Gasteiger partial charge is 0.329 e.